The molecule has 0 spiro atoms. The maximum Gasteiger partial charge on any atom is 0.251 e. The van der Waals surface area contributed by atoms with Crippen LogP contribution in [0.4, 0.5) is 11.8 Å². The van der Waals surface area contributed by atoms with Crippen LogP contribution in [0.25, 0.3) is 22.0 Å². The van der Waals surface area contributed by atoms with E-state index >= 15 is 0 Å². The van der Waals surface area contributed by atoms with Gasteiger partial charge in [0.25, 0.3) is 5.91 Å². The zero-order chi connectivity index (χ0) is 30.0. The van der Waals surface area contributed by atoms with Crippen molar-refractivity contribution >= 4 is 28.6 Å². The van der Waals surface area contributed by atoms with Gasteiger partial charge in [0.15, 0.2) is 0 Å². The lowest BCUT2D eigenvalue weighted by Crippen LogP contribution is -2.34. The van der Waals surface area contributed by atoms with Crippen LogP contribution in [0.2, 0.25) is 0 Å². The Morgan fingerprint density at radius 2 is 1.49 bits per heavy atom. The summed E-state index contributed by atoms with van der Waals surface area (Å²) in [5.41, 5.74) is 5.41. The van der Waals surface area contributed by atoms with E-state index in [4.69, 9.17) is 9.97 Å². The number of unbranched alkanes of at least 4 members (excludes halogenated alkanes) is 4. The fourth-order valence-corrected chi connectivity index (χ4v) is 6.11. The lowest BCUT2D eigenvalue weighted by Gasteiger charge is -2.29. The standard InChI is InChI=1S/C37H47N5O/c1-4-5-6-7-8-11-27-14-18-29(19-15-27)30-20-22-31(23-21-30)36(43)38-26-28-16-24-32(25-17-28)39-37-40-34-13-10-9-12-33(34)35(41-37)42(2)3/h9-10,12-15,18-23,28,32H,4-8,11,16-17,24-26H2,1-3H3,(H,38,43)(H,39,40,41). The molecule has 226 valence electrons. The van der Waals surface area contributed by atoms with E-state index in [2.05, 4.69) is 60.0 Å². The summed E-state index contributed by atoms with van der Waals surface area (Å²) in [5.74, 6) is 2.11. The van der Waals surface area contributed by atoms with Crippen LogP contribution >= 0.6 is 0 Å². The van der Waals surface area contributed by atoms with Gasteiger partial charge in [-0.25, -0.2) is 4.98 Å². The minimum Gasteiger partial charge on any atom is -0.362 e. The highest BCUT2D eigenvalue weighted by Gasteiger charge is 2.23. The van der Waals surface area contributed by atoms with Crippen molar-refractivity contribution in [1.82, 2.24) is 15.3 Å². The molecule has 1 fully saturated rings. The van der Waals surface area contributed by atoms with Crippen LogP contribution in [0.5, 0.6) is 0 Å². The Bertz CT molecular complexity index is 1460. The van der Waals surface area contributed by atoms with E-state index in [9.17, 15) is 4.79 Å². The predicted molar refractivity (Wildman–Crippen MR) is 180 cm³/mol. The van der Waals surface area contributed by atoms with E-state index in [-0.39, 0.29) is 5.91 Å². The lowest BCUT2D eigenvalue weighted by atomic mass is 9.86. The first-order chi connectivity index (χ1) is 21.0. The van der Waals surface area contributed by atoms with Crippen molar-refractivity contribution in [2.45, 2.75) is 77.2 Å². The van der Waals surface area contributed by atoms with Crippen molar-refractivity contribution in [3.05, 3.63) is 83.9 Å². The predicted octanol–water partition coefficient (Wildman–Crippen LogP) is 8.28. The molecule has 1 heterocycles. The molecule has 6 nitrogen and oxygen atoms in total. The van der Waals surface area contributed by atoms with E-state index in [0.717, 1.165) is 54.4 Å². The number of hydrogen-bond donors (Lipinski definition) is 2. The van der Waals surface area contributed by atoms with Crippen molar-refractivity contribution < 1.29 is 4.79 Å². The average Bonchev–Trinajstić information content (AvgIpc) is 3.04. The maximum atomic E-state index is 12.9. The number of amides is 1. The second-order valence-electron chi connectivity index (χ2n) is 12.3. The molecule has 0 atom stereocenters. The number of para-hydroxylation sites is 1. The quantitative estimate of drug-likeness (QED) is 0.157. The first-order valence-electron chi connectivity index (χ1n) is 16.2. The van der Waals surface area contributed by atoms with Gasteiger partial charge in [0.05, 0.1) is 5.52 Å². The molecule has 1 aliphatic rings. The Labute approximate surface area is 257 Å². The van der Waals surface area contributed by atoms with Crippen molar-refractivity contribution in [2.75, 3.05) is 30.9 Å². The molecule has 0 radical (unpaired) electrons. The van der Waals surface area contributed by atoms with Crippen LogP contribution in [0.3, 0.4) is 0 Å². The summed E-state index contributed by atoms with van der Waals surface area (Å²) < 4.78 is 0. The fraction of sp³-hybridized carbons (Fsp3) is 0.432. The SMILES string of the molecule is CCCCCCCc1ccc(-c2ccc(C(=O)NCC3CCC(Nc4nc(N(C)C)c5ccccc5n4)CC3)cc2)cc1. The van der Waals surface area contributed by atoms with E-state index < -0.39 is 0 Å². The first kappa shape index (κ1) is 30.5. The van der Waals surface area contributed by atoms with Gasteiger partial charge < -0.3 is 15.5 Å². The largest absolute Gasteiger partial charge is 0.362 e. The summed E-state index contributed by atoms with van der Waals surface area (Å²) in [4.78, 5) is 24.5. The maximum absolute atomic E-state index is 12.9. The third kappa shape index (κ3) is 8.34. The third-order valence-corrected chi connectivity index (χ3v) is 8.74. The van der Waals surface area contributed by atoms with Crippen molar-refractivity contribution in [1.29, 1.82) is 0 Å². The number of anilines is 2. The van der Waals surface area contributed by atoms with Gasteiger partial charge in [-0.3, -0.25) is 4.79 Å². The number of rotatable bonds is 13. The molecule has 1 aromatic heterocycles. The number of carbonyl (C=O) groups excluding carboxylic acids is 1. The van der Waals surface area contributed by atoms with Crippen LogP contribution in [-0.4, -0.2) is 42.6 Å². The van der Waals surface area contributed by atoms with Gasteiger partial charge in [0.1, 0.15) is 5.82 Å². The van der Waals surface area contributed by atoms with E-state index in [1.165, 1.54) is 43.2 Å². The molecule has 0 aliphatic heterocycles. The highest BCUT2D eigenvalue weighted by Crippen LogP contribution is 2.28. The second kappa shape index (κ2) is 15.0. The Hall–Kier alpha value is -3.93. The third-order valence-electron chi connectivity index (χ3n) is 8.74. The van der Waals surface area contributed by atoms with Crippen LogP contribution in [0.1, 0.15) is 80.6 Å². The molecular weight excluding hydrogens is 530 g/mol. The Morgan fingerprint density at radius 1 is 0.814 bits per heavy atom. The minimum absolute atomic E-state index is 0.00555. The molecule has 0 bridgehead atoms. The van der Waals surface area contributed by atoms with E-state index in [1.54, 1.807) is 0 Å². The average molecular weight is 578 g/mol. The summed E-state index contributed by atoms with van der Waals surface area (Å²) in [7, 11) is 4.03. The van der Waals surface area contributed by atoms with Gasteiger partial charge in [-0.05, 0) is 85.4 Å². The summed E-state index contributed by atoms with van der Waals surface area (Å²) in [6.07, 6.45) is 11.9. The minimum atomic E-state index is 0.00555. The van der Waals surface area contributed by atoms with Gasteiger partial charge in [-0.2, -0.15) is 4.98 Å². The Morgan fingerprint density at radius 3 is 2.19 bits per heavy atom. The summed E-state index contributed by atoms with van der Waals surface area (Å²) in [6.45, 7) is 2.97. The van der Waals surface area contributed by atoms with Gasteiger partial charge in [0, 0.05) is 37.6 Å². The van der Waals surface area contributed by atoms with Crippen LogP contribution in [0.15, 0.2) is 72.8 Å². The molecule has 43 heavy (non-hydrogen) atoms. The van der Waals surface area contributed by atoms with Crippen LogP contribution in [-0.2, 0) is 6.42 Å². The molecule has 3 aromatic carbocycles. The highest BCUT2D eigenvalue weighted by atomic mass is 16.1. The molecule has 4 aromatic rings. The topological polar surface area (TPSA) is 70.2 Å². The zero-order valence-electron chi connectivity index (χ0n) is 26.1. The number of aryl methyl sites for hydroxylation is 1. The second-order valence-corrected chi connectivity index (χ2v) is 12.3. The molecule has 1 amide bonds. The van der Waals surface area contributed by atoms with E-state index in [1.807, 2.05) is 49.3 Å². The van der Waals surface area contributed by atoms with Gasteiger partial charge in [0.2, 0.25) is 5.95 Å². The van der Waals surface area contributed by atoms with Crippen molar-refractivity contribution in [3.8, 4) is 11.1 Å². The zero-order valence-corrected chi connectivity index (χ0v) is 26.1. The molecule has 2 N–H and O–H groups in total. The molecule has 6 heteroatoms. The highest BCUT2D eigenvalue weighted by molar-refractivity contribution is 5.94. The molecule has 5 rings (SSSR count). The number of nitrogens with one attached hydrogen (secondary N) is 2. The smallest absolute Gasteiger partial charge is 0.251 e. The summed E-state index contributed by atoms with van der Waals surface area (Å²) in [5, 5.41) is 7.82. The normalized spacial score (nSPS) is 16.6. The van der Waals surface area contributed by atoms with Crippen LogP contribution in [0, 0.1) is 5.92 Å². The number of carbonyl (C=O) groups is 1. The first-order valence-corrected chi connectivity index (χ1v) is 16.2. The Balaban J connectivity index is 1.06. The van der Waals surface area contributed by atoms with Crippen molar-refractivity contribution in [3.63, 3.8) is 0 Å². The molecular formula is C37H47N5O. The van der Waals surface area contributed by atoms with Gasteiger partial charge in [-0.1, -0.05) is 81.1 Å². The Kier molecular flexibility index (Phi) is 10.6. The number of aromatic nitrogens is 2. The molecule has 0 saturated heterocycles. The lowest BCUT2D eigenvalue weighted by molar-refractivity contribution is 0.0943. The van der Waals surface area contributed by atoms with E-state index in [0.29, 0.717) is 30.0 Å². The van der Waals surface area contributed by atoms with Gasteiger partial charge >= 0.3 is 0 Å². The molecule has 1 saturated carbocycles. The molecule has 0 unspecified atom stereocenters. The number of nitrogens with zero attached hydrogens (tertiary/aromatic N) is 3. The monoisotopic (exact) mass is 577 g/mol. The number of benzene rings is 3. The van der Waals surface area contributed by atoms with Crippen LogP contribution < -0.4 is 15.5 Å². The number of hydrogen-bond acceptors (Lipinski definition) is 5. The molecule has 1 aliphatic carbocycles. The summed E-state index contributed by atoms with van der Waals surface area (Å²) >= 11 is 0. The van der Waals surface area contributed by atoms with Gasteiger partial charge in [-0.15, -0.1) is 0 Å². The number of fused-ring (bicyclic) bond motifs is 1. The summed E-state index contributed by atoms with van der Waals surface area (Å²) in [6, 6.07) is 25.4. The van der Waals surface area contributed by atoms with Crippen molar-refractivity contribution in [2.24, 2.45) is 5.92 Å². The fourth-order valence-electron chi connectivity index (χ4n) is 6.11.